The Labute approximate surface area is 61.1 Å². The fourth-order valence-electron chi connectivity index (χ4n) is 0. The Bertz CT molecular complexity index is 38.5. The van der Waals surface area contributed by atoms with Crippen molar-refractivity contribution in [3.63, 3.8) is 0 Å². The van der Waals surface area contributed by atoms with E-state index in [-0.39, 0.29) is 19.2 Å². The van der Waals surface area contributed by atoms with E-state index in [0.717, 1.165) is 0 Å². The van der Waals surface area contributed by atoms with E-state index in [0.29, 0.717) is 0 Å². The van der Waals surface area contributed by atoms with Crippen LogP contribution in [0.5, 0.6) is 0 Å². The predicted molar refractivity (Wildman–Crippen MR) is 26.2 cm³/mol. The second-order valence-corrected chi connectivity index (χ2v) is 6.47. The van der Waals surface area contributed by atoms with E-state index in [4.69, 9.17) is 34.8 Å². The van der Waals surface area contributed by atoms with Crippen LogP contribution in [0.15, 0.2) is 0 Å². The molecule has 0 rings (SSSR count). The van der Waals surface area contributed by atoms with Crippen molar-refractivity contribution in [1.29, 1.82) is 0 Å². The van der Waals surface area contributed by atoms with Crippen LogP contribution in [0.4, 0.5) is 0 Å². The Hall–Kier alpha value is 1.58. The van der Waals surface area contributed by atoms with Crippen LogP contribution in [0.25, 0.3) is 0 Å². The van der Waals surface area contributed by atoms with Crippen LogP contribution in [-0.2, 0) is 19.2 Å². The monoisotopic (exact) mass is 180 g/mol. The summed E-state index contributed by atoms with van der Waals surface area (Å²) < 4.78 is -0.917. The molecule has 36 valence electrons. The van der Waals surface area contributed by atoms with Crippen LogP contribution in [0.3, 0.4) is 0 Å². The summed E-state index contributed by atoms with van der Waals surface area (Å²) in [7, 11) is 0. The molecule has 0 aromatic carbocycles. The summed E-state index contributed by atoms with van der Waals surface area (Å²) in [6, 6.07) is 0. The van der Waals surface area contributed by atoms with Crippen LogP contribution in [0.1, 0.15) is 0 Å². The van der Waals surface area contributed by atoms with Gasteiger partial charge in [0.2, 0.25) is 0 Å². The molecule has 0 aliphatic rings. The van der Waals surface area contributed by atoms with E-state index in [2.05, 4.69) is 0 Å². The molecule has 0 saturated heterocycles. The van der Waals surface area contributed by atoms with Crippen molar-refractivity contribution in [3.8, 4) is 0 Å². The molecule has 0 fully saturated rings. The fourth-order valence-corrected chi connectivity index (χ4v) is 0. The Balaban J connectivity index is 3.17. The number of halogens is 3. The second kappa shape index (κ2) is 2.79. The molecule has 0 bridgehead atoms. The minimum absolute atomic E-state index is 0.350. The van der Waals surface area contributed by atoms with Crippen LogP contribution in [0.2, 0.25) is 5.23 Å². The van der Waals surface area contributed by atoms with Crippen molar-refractivity contribution in [2.75, 3.05) is 0 Å². The van der Waals surface area contributed by atoms with Gasteiger partial charge >= 0.3 is 61.3 Å². The zero-order chi connectivity index (χ0) is 5.21. The normalized spacial score (nSPS) is 11.3. The molecule has 0 aromatic rings. The first-order valence-electron chi connectivity index (χ1n) is 1.32. The molecule has 0 amide bonds. The van der Waals surface area contributed by atoms with Gasteiger partial charge in [0.25, 0.3) is 0 Å². The zero-order valence-electron chi connectivity index (χ0n) is 3.13. The van der Waals surface area contributed by atoms with E-state index >= 15 is 0 Å². The molecule has 0 aromatic heterocycles. The number of rotatable bonds is 0. The van der Waals surface area contributed by atoms with Gasteiger partial charge in [-0.3, -0.25) is 0 Å². The van der Waals surface area contributed by atoms with Crippen molar-refractivity contribution in [2.45, 2.75) is 7.33 Å². The Morgan fingerprint density at radius 2 is 1.50 bits per heavy atom. The van der Waals surface area contributed by atoms with E-state index in [1.165, 1.54) is 0 Å². The summed E-state index contributed by atoms with van der Waals surface area (Å²) in [4.78, 5) is 0. The SMILES string of the molecule is [CH3][Ti][C](Cl)(Cl)Cl. The van der Waals surface area contributed by atoms with Gasteiger partial charge < -0.3 is 0 Å². The molecule has 0 aliphatic heterocycles. The molecule has 0 saturated carbocycles. The Morgan fingerprint density at radius 1 is 1.33 bits per heavy atom. The molecule has 0 radical (unpaired) electrons. The summed E-state index contributed by atoms with van der Waals surface area (Å²) in [5, 5.41) is 1.94. The second-order valence-electron chi connectivity index (χ2n) is 0.748. The minimum atomic E-state index is -0.917. The van der Waals surface area contributed by atoms with Crippen molar-refractivity contribution in [3.05, 3.63) is 0 Å². The fraction of sp³-hybridized carbons (Fsp3) is 1.00. The van der Waals surface area contributed by atoms with E-state index in [1.807, 2.05) is 5.23 Å². The predicted octanol–water partition coefficient (Wildman–Crippen LogP) is 2.44. The summed E-state index contributed by atoms with van der Waals surface area (Å²) in [6.45, 7) is 0. The van der Waals surface area contributed by atoms with Crippen LogP contribution in [0, 0.1) is 0 Å². The summed E-state index contributed by atoms with van der Waals surface area (Å²) >= 11 is 15.6. The molecular weight excluding hydrogens is 178 g/mol. The first kappa shape index (κ1) is 7.58. The van der Waals surface area contributed by atoms with Gasteiger partial charge in [-0.1, -0.05) is 0 Å². The van der Waals surface area contributed by atoms with Crippen LogP contribution >= 0.6 is 34.8 Å². The van der Waals surface area contributed by atoms with Crippen molar-refractivity contribution in [2.24, 2.45) is 0 Å². The zero-order valence-corrected chi connectivity index (χ0v) is 6.96. The molecule has 0 unspecified atom stereocenters. The van der Waals surface area contributed by atoms with Gasteiger partial charge in [0, 0.05) is 0 Å². The molecule has 4 heteroatoms. The molecule has 0 nitrogen and oxygen atoms in total. The summed E-state index contributed by atoms with van der Waals surface area (Å²) in [5.41, 5.74) is 0. The molecule has 0 atom stereocenters. The molecule has 6 heavy (non-hydrogen) atoms. The average molecular weight is 181 g/mol. The number of hydrogen-bond donors (Lipinski definition) is 0. The molecule has 0 N–H and O–H groups in total. The molecule has 0 heterocycles. The van der Waals surface area contributed by atoms with Gasteiger partial charge in [-0.25, -0.2) is 0 Å². The third-order valence-electron chi connectivity index (χ3n) is 0.283. The van der Waals surface area contributed by atoms with Gasteiger partial charge in [-0.15, -0.1) is 0 Å². The van der Waals surface area contributed by atoms with Gasteiger partial charge in [0.15, 0.2) is 0 Å². The quantitative estimate of drug-likeness (QED) is 0.398. The summed E-state index contributed by atoms with van der Waals surface area (Å²) in [6.07, 6.45) is 0. The van der Waals surface area contributed by atoms with Gasteiger partial charge in [0.05, 0.1) is 0 Å². The van der Waals surface area contributed by atoms with Crippen molar-refractivity contribution < 1.29 is 19.2 Å². The standard InChI is InChI=1S/CCl3.CH3.Ti/c2-1(3)4;;/h;1H3;. The van der Waals surface area contributed by atoms with Gasteiger partial charge in [0.1, 0.15) is 0 Å². The van der Waals surface area contributed by atoms with E-state index < -0.39 is 2.10 Å². The third-order valence-corrected chi connectivity index (χ3v) is 3.51. The van der Waals surface area contributed by atoms with E-state index in [9.17, 15) is 0 Å². The number of alkyl halides is 3. The third kappa shape index (κ3) is 5.58. The molecular formula is C2H3Cl3Ti. The first-order chi connectivity index (χ1) is 2.56. The first-order valence-corrected chi connectivity index (χ1v) is 4.79. The van der Waals surface area contributed by atoms with Crippen molar-refractivity contribution in [1.82, 2.24) is 0 Å². The van der Waals surface area contributed by atoms with Crippen LogP contribution < -0.4 is 0 Å². The molecule has 0 spiro atoms. The Morgan fingerprint density at radius 3 is 1.50 bits per heavy atom. The maximum absolute atomic E-state index is 5.30. The van der Waals surface area contributed by atoms with Gasteiger partial charge in [-0.2, -0.15) is 0 Å². The van der Waals surface area contributed by atoms with E-state index in [1.54, 1.807) is 0 Å². The van der Waals surface area contributed by atoms with Crippen LogP contribution in [-0.4, -0.2) is 2.10 Å². The van der Waals surface area contributed by atoms with Gasteiger partial charge in [-0.05, 0) is 0 Å². The van der Waals surface area contributed by atoms with Crippen molar-refractivity contribution >= 4 is 34.8 Å². The Kier molecular flexibility index (Phi) is 3.52. The maximum atomic E-state index is 5.30. The summed E-state index contributed by atoms with van der Waals surface area (Å²) in [5.74, 6) is 0. The average Bonchev–Trinajstić information content (AvgIpc) is 1.35. The topological polar surface area (TPSA) is 0 Å². The number of hydrogen-bond acceptors (Lipinski definition) is 0. The molecule has 0 aliphatic carbocycles.